The van der Waals surface area contributed by atoms with E-state index in [0.29, 0.717) is 6.42 Å². The molecule has 1 aromatic carbocycles. The molecule has 5 heteroatoms. The quantitative estimate of drug-likeness (QED) is 0.852. The minimum Gasteiger partial charge on any atom is -0.497 e. The number of nitrogens with zero attached hydrogens (tertiary/aromatic N) is 2. The number of thiazole rings is 1. The minimum atomic E-state index is 0.277. The average Bonchev–Trinajstić information content (AvgIpc) is 3.14. The van der Waals surface area contributed by atoms with Crippen LogP contribution in [0.4, 0.5) is 0 Å². The lowest BCUT2D eigenvalue weighted by Gasteiger charge is -2.13. The van der Waals surface area contributed by atoms with Gasteiger partial charge in [0.05, 0.1) is 17.8 Å². The summed E-state index contributed by atoms with van der Waals surface area (Å²) in [5, 5.41) is 3.14. The summed E-state index contributed by atoms with van der Waals surface area (Å²) in [7, 11) is 1.67. The molecule has 1 saturated heterocycles. The van der Waals surface area contributed by atoms with Gasteiger partial charge in [0.2, 0.25) is 5.91 Å². The number of rotatable bonds is 5. The van der Waals surface area contributed by atoms with Crippen molar-refractivity contribution in [1.29, 1.82) is 0 Å². The fourth-order valence-corrected chi connectivity index (χ4v) is 3.31. The number of carbonyl (C=O) groups is 1. The fraction of sp³-hybridized carbons (Fsp3) is 0.375. The normalized spacial score (nSPS) is 14.7. The molecule has 1 fully saturated rings. The Bertz CT molecular complexity index is 639. The van der Waals surface area contributed by atoms with Gasteiger partial charge in [-0.1, -0.05) is 12.1 Å². The van der Waals surface area contributed by atoms with Gasteiger partial charge in [-0.3, -0.25) is 4.79 Å². The lowest BCUT2D eigenvalue weighted by molar-refractivity contribution is -0.127. The molecule has 4 nitrogen and oxygen atoms in total. The van der Waals surface area contributed by atoms with Gasteiger partial charge in [0, 0.05) is 36.9 Å². The van der Waals surface area contributed by atoms with Gasteiger partial charge in [-0.05, 0) is 18.6 Å². The molecular formula is C16H18N2O2S. The summed E-state index contributed by atoms with van der Waals surface area (Å²) in [6.45, 7) is 1.68. The first-order valence-corrected chi connectivity index (χ1v) is 8.01. The largest absolute Gasteiger partial charge is 0.497 e. The third-order valence-electron chi connectivity index (χ3n) is 3.68. The molecule has 2 aromatic rings. The highest BCUT2D eigenvalue weighted by Crippen LogP contribution is 2.25. The highest BCUT2D eigenvalue weighted by atomic mass is 32.1. The molecule has 21 heavy (non-hydrogen) atoms. The van der Waals surface area contributed by atoms with Crippen molar-refractivity contribution in [3.8, 4) is 17.0 Å². The Morgan fingerprint density at radius 1 is 1.43 bits per heavy atom. The SMILES string of the molecule is COc1cccc(-c2csc(CCN3CCCC3=O)n2)c1. The van der Waals surface area contributed by atoms with Crippen LogP contribution in [0.3, 0.4) is 0 Å². The van der Waals surface area contributed by atoms with E-state index in [0.717, 1.165) is 47.9 Å². The smallest absolute Gasteiger partial charge is 0.222 e. The lowest BCUT2D eigenvalue weighted by Crippen LogP contribution is -2.26. The Hall–Kier alpha value is -1.88. The van der Waals surface area contributed by atoms with Gasteiger partial charge < -0.3 is 9.64 Å². The first-order valence-electron chi connectivity index (χ1n) is 7.13. The number of hydrogen-bond donors (Lipinski definition) is 0. The van der Waals surface area contributed by atoms with Crippen LogP contribution in [0, 0.1) is 0 Å². The zero-order chi connectivity index (χ0) is 14.7. The Kier molecular flexibility index (Phi) is 4.20. The molecule has 1 aliphatic rings. The summed E-state index contributed by atoms with van der Waals surface area (Å²) in [4.78, 5) is 18.2. The Balaban J connectivity index is 1.66. The monoisotopic (exact) mass is 302 g/mol. The van der Waals surface area contributed by atoms with Crippen LogP contribution >= 0.6 is 11.3 Å². The van der Waals surface area contributed by atoms with E-state index >= 15 is 0 Å². The second-order valence-electron chi connectivity index (χ2n) is 5.09. The molecule has 0 spiro atoms. The van der Waals surface area contributed by atoms with E-state index in [-0.39, 0.29) is 5.91 Å². The zero-order valence-electron chi connectivity index (χ0n) is 12.0. The van der Waals surface area contributed by atoms with Crippen LogP contribution in [0.1, 0.15) is 17.8 Å². The molecule has 0 atom stereocenters. The fourth-order valence-electron chi connectivity index (χ4n) is 2.51. The molecule has 0 bridgehead atoms. The van der Waals surface area contributed by atoms with Crippen molar-refractivity contribution in [2.24, 2.45) is 0 Å². The van der Waals surface area contributed by atoms with Gasteiger partial charge in [-0.2, -0.15) is 0 Å². The third-order valence-corrected chi connectivity index (χ3v) is 4.59. The van der Waals surface area contributed by atoms with E-state index in [2.05, 4.69) is 10.4 Å². The Morgan fingerprint density at radius 3 is 3.10 bits per heavy atom. The molecule has 110 valence electrons. The topological polar surface area (TPSA) is 42.4 Å². The van der Waals surface area contributed by atoms with Gasteiger partial charge in [-0.15, -0.1) is 11.3 Å². The van der Waals surface area contributed by atoms with Gasteiger partial charge in [0.25, 0.3) is 0 Å². The maximum atomic E-state index is 11.6. The van der Waals surface area contributed by atoms with E-state index in [9.17, 15) is 4.79 Å². The molecule has 2 heterocycles. The van der Waals surface area contributed by atoms with Gasteiger partial charge in [0.15, 0.2) is 0 Å². The summed E-state index contributed by atoms with van der Waals surface area (Å²) >= 11 is 1.65. The van der Waals surface area contributed by atoms with Crippen molar-refractivity contribution in [3.63, 3.8) is 0 Å². The van der Waals surface area contributed by atoms with Gasteiger partial charge in [0.1, 0.15) is 5.75 Å². The number of benzene rings is 1. The molecule has 1 aromatic heterocycles. The van der Waals surface area contributed by atoms with E-state index in [1.54, 1.807) is 18.4 Å². The molecule has 1 amide bonds. The predicted octanol–water partition coefficient (Wildman–Crippen LogP) is 2.98. The average molecular weight is 302 g/mol. The van der Waals surface area contributed by atoms with E-state index in [1.165, 1.54) is 0 Å². The molecular weight excluding hydrogens is 284 g/mol. The maximum Gasteiger partial charge on any atom is 0.222 e. The summed E-state index contributed by atoms with van der Waals surface area (Å²) in [6, 6.07) is 7.92. The van der Waals surface area contributed by atoms with Crippen molar-refractivity contribution >= 4 is 17.2 Å². The minimum absolute atomic E-state index is 0.277. The number of methoxy groups -OCH3 is 1. The molecule has 0 radical (unpaired) electrons. The van der Waals surface area contributed by atoms with Crippen molar-refractivity contribution in [2.75, 3.05) is 20.2 Å². The number of amides is 1. The Labute approximate surface area is 128 Å². The van der Waals surface area contributed by atoms with Crippen LogP contribution in [0.2, 0.25) is 0 Å². The molecule has 0 aliphatic carbocycles. The van der Waals surface area contributed by atoms with E-state index < -0.39 is 0 Å². The van der Waals surface area contributed by atoms with E-state index in [1.807, 2.05) is 29.2 Å². The second-order valence-corrected chi connectivity index (χ2v) is 6.04. The maximum absolute atomic E-state index is 11.6. The first-order chi connectivity index (χ1) is 10.3. The molecule has 0 N–H and O–H groups in total. The molecule has 3 rings (SSSR count). The van der Waals surface area contributed by atoms with Crippen LogP contribution in [0.25, 0.3) is 11.3 Å². The standard InChI is InChI=1S/C16H18N2O2S/c1-20-13-5-2-4-12(10-13)14-11-21-15(17-14)7-9-18-8-3-6-16(18)19/h2,4-5,10-11H,3,6-9H2,1H3. The highest BCUT2D eigenvalue weighted by Gasteiger charge is 2.19. The molecule has 0 unspecified atom stereocenters. The second kappa shape index (κ2) is 6.26. The zero-order valence-corrected chi connectivity index (χ0v) is 12.9. The number of aromatic nitrogens is 1. The van der Waals surface area contributed by atoms with Gasteiger partial charge >= 0.3 is 0 Å². The van der Waals surface area contributed by atoms with Crippen molar-refractivity contribution in [3.05, 3.63) is 34.7 Å². The van der Waals surface area contributed by atoms with Crippen molar-refractivity contribution < 1.29 is 9.53 Å². The molecule has 1 aliphatic heterocycles. The summed E-state index contributed by atoms with van der Waals surface area (Å²) < 4.78 is 5.24. The van der Waals surface area contributed by atoms with Crippen LogP contribution in [0.15, 0.2) is 29.6 Å². The first kappa shape index (κ1) is 14.1. The molecule has 0 saturated carbocycles. The van der Waals surface area contributed by atoms with E-state index in [4.69, 9.17) is 4.74 Å². The third kappa shape index (κ3) is 3.24. The number of likely N-dealkylation sites (tertiary alicyclic amines) is 1. The number of hydrogen-bond acceptors (Lipinski definition) is 4. The van der Waals surface area contributed by atoms with Crippen LogP contribution in [0.5, 0.6) is 5.75 Å². The van der Waals surface area contributed by atoms with Crippen LogP contribution < -0.4 is 4.74 Å². The highest BCUT2D eigenvalue weighted by molar-refractivity contribution is 7.09. The number of ether oxygens (including phenoxy) is 1. The lowest BCUT2D eigenvalue weighted by atomic mass is 10.2. The van der Waals surface area contributed by atoms with Crippen LogP contribution in [-0.4, -0.2) is 36.0 Å². The summed E-state index contributed by atoms with van der Waals surface area (Å²) in [5.41, 5.74) is 2.04. The number of carbonyl (C=O) groups excluding carboxylic acids is 1. The van der Waals surface area contributed by atoms with Crippen LogP contribution in [-0.2, 0) is 11.2 Å². The Morgan fingerprint density at radius 2 is 2.33 bits per heavy atom. The van der Waals surface area contributed by atoms with Crippen molar-refractivity contribution in [2.45, 2.75) is 19.3 Å². The summed E-state index contributed by atoms with van der Waals surface area (Å²) in [5.74, 6) is 1.12. The summed E-state index contributed by atoms with van der Waals surface area (Å²) in [6.07, 6.45) is 2.53. The van der Waals surface area contributed by atoms with Crippen molar-refractivity contribution in [1.82, 2.24) is 9.88 Å². The predicted molar refractivity (Wildman–Crippen MR) is 83.6 cm³/mol. The van der Waals surface area contributed by atoms with Gasteiger partial charge in [-0.25, -0.2) is 4.98 Å².